The van der Waals surface area contributed by atoms with Crippen molar-refractivity contribution in [2.75, 3.05) is 26.2 Å². The molecule has 172 valence electrons. The van der Waals surface area contributed by atoms with Crippen molar-refractivity contribution < 1.29 is 35.9 Å². The smallest absolute Gasteiger partial charge is 0.352 e. The summed E-state index contributed by atoms with van der Waals surface area (Å²) in [4.78, 5) is 26.1. The third kappa shape index (κ3) is 6.84. The number of carbonyl (C=O) groups excluding carboxylic acids is 2. The fourth-order valence-electron chi connectivity index (χ4n) is 3.48. The van der Waals surface area contributed by atoms with Crippen LogP contribution in [0.2, 0.25) is 0 Å². The topological polar surface area (TPSA) is 61.4 Å². The molecule has 0 unspecified atom stereocenters. The van der Waals surface area contributed by atoms with Crippen molar-refractivity contribution in [2.24, 2.45) is 5.92 Å². The van der Waals surface area contributed by atoms with Gasteiger partial charge >= 0.3 is 12.4 Å². The van der Waals surface area contributed by atoms with Gasteiger partial charge in [-0.25, -0.2) is 0 Å². The van der Waals surface area contributed by atoms with E-state index >= 15 is 0 Å². The normalized spacial score (nSPS) is 18.6. The van der Waals surface area contributed by atoms with E-state index in [4.69, 9.17) is 0 Å². The molecular formula is C20H23F6N3O2. The average Bonchev–Trinajstić information content (AvgIpc) is 3.49. The van der Waals surface area contributed by atoms with Crippen molar-refractivity contribution in [3.63, 3.8) is 0 Å². The van der Waals surface area contributed by atoms with Gasteiger partial charge in [-0.3, -0.25) is 14.5 Å². The summed E-state index contributed by atoms with van der Waals surface area (Å²) in [6, 6.07) is 1.12. The van der Waals surface area contributed by atoms with E-state index in [-0.39, 0.29) is 30.5 Å². The fourth-order valence-corrected chi connectivity index (χ4v) is 3.48. The number of hydrogen-bond acceptors (Lipinski definition) is 3. The minimum atomic E-state index is -5.01. The summed E-state index contributed by atoms with van der Waals surface area (Å²) in [5, 5.41) is 5.35. The molecule has 0 radical (unpaired) electrons. The molecule has 2 amide bonds. The maximum absolute atomic E-state index is 12.9. The van der Waals surface area contributed by atoms with Crippen LogP contribution in [0.1, 0.15) is 47.2 Å². The third-order valence-corrected chi connectivity index (χ3v) is 5.42. The molecule has 1 aromatic rings. The summed E-state index contributed by atoms with van der Waals surface area (Å²) in [6.07, 6.45) is -6.68. The lowest BCUT2D eigenvalue weighted by atomic mass is 9.96. The number of nitrogens with one attached hydrogen (secondary N) is 2. The van der Waals surface area contributed by atoms with Gasteiger partial charge in [0.1, 0.15) is 0 Å². The Hall–Kier alpha value is -2.30. The zero-order valence-corrected chi connectivity index (χ0v) is 16.6. The molecule has 0 aromatic heterocycles. The highest BCUT2D eigenvalue weighted by Crippen LogP contribution is 2.36. The number of likely N-dealkylation sites (tertiary alicyclic amines) is 1. The quantitative estimate of drug-likeness (QED) is 0.652. The average molecular weight is 451 g/mol. The molecule has 1 aliphatic carbocycles. The molecule has 2 N–H and O–H groups in total. The second kappa shape index (κ2) is 9.05. The van der Waals surface area contributed by atoms with Crippen LogP contribution in [0.25, 0.3) is 0 Å². The Morgan fingerprint density at radius 3 is 1.94 bits per heavy atom. The van der Waals surface area contributed by atoms with Gasteiger partial charge in [0.15, 0.2) is 0 Å². The molecule has 1 heterocycles. The van der Waals surface area contributed by atoms with Gasteiger partial charge in [-0.2, -0.15) is 26.3 Å². The Morgan fingerprint density at radius 2 is 1.45 bits per heavy atom. The Kier molecular flexibility index (Phi) is 6.82. The predicted octanol–water partition coefficient (Wildman–Crippen LogP) is 3.44. The maximum atomic E-state index is 12.9. The van der Waals surface area contributed by atoms with Crippen LogP contribution in [0.5, 0.6) is 0 Å². The Bertz CT molecular complexity index is 780. The number of piperidine rings is 1. The summed E-state index contributed by atoms with van der Waals surface area (Å²) >= 11 is 0. The van der Waals surface area contributed by atoms with E-state index in [1.54, 1.807) is 0 Å². The van der Waals surface area contributed by atoms with Gasteiger partial charge < -0.3 is 10.6 Å². The SMILES string of the molecule is O=C(CN1CCC(CNC(=O)c2cc(C(F)(F)F)cc(C(F)(F)F)c2)CC1)NC1CC1. The number of benzene rings is 1. The molecule has 31 heavy (non-hydrogen) atoms. The van der Waals surface area contributed by atoms with E-state index in [0.717, 1.165) is 12.8 Å². The lowest BCUT2D eigenvalue weighted by Crippen LogP contribution is -2.43. The number of nitrogens with zero attached hydrogens (tertiary/aromatic N) is 1. The molecule has 2 aliphatic rings. The summed E-state index contributed by atoms with van der Waals surface area (Å²) < 4.78 is 77.7. The molecule has 1 saturated carbocycles. The van der Waals surface area contributed by atoms with Crippen molar-refractivity contribution >= 4 is 11.8 Å². The van der Waals surface area contributed by atoms with E-state index in [0.29, 0.717) is 44.6 Å². The van der Waals surface area contributed by atoms with Gasteiger partial charge in [-0.15, -0.1) is 0 Å². The largest absolute Gasteiger partial charge is 0.416 e. The van der Waals surface area contributed by atoms with Crippen LogP contribution in [0.15, 0.2) is 18.2 Å². The number of carbonyl (C=O) groups is 2. The standard InChI is InChI=1S/C20H23F6N3O2/c21-19(22,23)14-7-13(8-15(9-14)20(24,25)26)18(31)27-10-12-3-5-29(6-4-12)11-17(30)28-16-1-2-16/h7-9,12,16H,1-6,10-11H2,(H,27,31)(H,28,30). The number of amides is 2. The van der Waals surface area contributed by atoms with Crippen molar-refractivity contribution in [2.45, 2.75) is 44.1 Å². The molecule has 1 saturated heterocycles. The van der Waals surface area contributed by atoms with Gasteiger partial charge in [-0.05, 0) is 62.9 Å². The van der Waals surface area contributed by atoms with E-state index in [9.17, 15) is 35.9 Å². The molecule has 0 bridgehead atoms. The zero-order valence-electron chi connectivity index (χ0n) is 16.6. The van der Waals surface area contributed by atoms with Gasteiger partial charge in [-0.1, -0.05) is 0 Å². The second-order valence-corrected chi connectivity index (χ2v) is 8.07. The molecular weight excluding hydrogens is 428 g/mol. The van der Waals surface area contributed by atoms with Crippen LogP contribution in [-0.4, -0.2) is 48.9 Å². The van der Waals surface area contributed by atoms with Gasteiger partial charge in [0.05, 0.1) is 17.7 Å². The predicted molar refractivity (Wildman–Crippen MR) is 99.1 cm³/mol. The first-order valence-corrected chi connectivity index (χ1v) is 10.0. The lowest BCUT2D eigenvalue weighted by Gasteiger charge is -2.31. The van der Waals surface area contributed by atoms with Gasteiger partial charge in [0.2, 0.25) is 5.91 Å². The maximum Gasteiger partial charge on any atom is 0.416 e. The van der Waals surface area contributed by atoms with E-state index in [2.05, 4.69) is 10.6 Å². The van der Waals surface area contributed by atoms with Crippen molar-refractivity contribution in [1.29, 1.82) is 0 Å². The summed E-state index contributed by atoms with van der Waals surface area (Å²) in [7, 11) is 0. The minimum absolute atomic E-state index is 0.00806. The number of rotatable bonds is 6. The van der Waals surface area contributed by atoms with E-state index in [1.807, 2.05) is 4.90 Å². The number of alkyl halides is 6. The first-order valence-electron chi connectivity index (χ1n) is 10.0. The van der Waals surface area contributed by atoms with Crippen molar-refractivity contribution in [3.05, 3.63) is 34.9 Å². The Balaban J connectivity index is 1.53. The molecule has 11 heteroatoms. The first-order chi connectivity index (χ1) is 14.4. The van der Waals surface area contributed by atoms with Gasteiger partial charge in [0, 0.05) is 18.2 Å². The van der Waals surface area contributed by atoms with Crippen LogP contribution in [0.4, 0.5) is 26.3 Å². The Labute approximate surface area is 175 Å². The molecule has 2 fully saturated rings. The van der Waals surface area contributed by atoms with E-state index in [1.165, 1.54) is 0 Å². The minimum Gasteiger partial charge on any atom is -0.352 e. The zero-order chi connectivity index (χ0) is 22.8. The highest BCUT2D eigenvalue weighted by Gasteiger charge is 2.37. The van der Waals surface area contributed by atoms with Gasteiger partial charge in [0.25, 0.3) is 5.91 Å². The second-order valence-electron chi connectivity index (χ2n) is 8.07. The van der Waals surface area contributed by atoms with Crippen LogP contribution in [-0.2, 0) is 17.1 Å². The summed E-state index contributed by atoms with van der Waals surface area (Å²) in [5.41, 5.74) is -3.73. The first kappa shape index (κ1) is 23.4. The highest BCUT2D eigenvalue weighted by atomic mass is 19.4. The van der Waals surface area contributed by atoms with Crippen LogP contribution in [0.3, 0.4) is 0 Å². The molecule has 1 aliphatic heterocycles. The molecule has 0 atom stereocenters. The fraction of sp³-hybridized carbons (Fsp3) is 0.600. The summed E-state index contributed by atoms with van der Waals surface area (Å²) in [5.74, 6) is -0.985. The van der Waals surface area contributed by atoms with Crippen LogP contribution < -0.4 is 10.6 Å². The van der Waals surface area contributed by atoms with Crippen molar-refractivity contribution in [1.82, 2.24) is 15.5 Å². The molecule has 0 spiro atoms. The molecule has 5 nitrogen and oxygen atoms in total. The third-order valence-electron chi connectivity index (χ3n) is 5.42. The highest BCUT2D eigenvalue weighted by molar-refractivity contribution is 5.94. The van der Waals surface area contributed by atoms with E-state index < -0.39 is 35.0 Å². The molecule has 1 aromatic carbocycles. The van der Waals surface area contributed by atoms with Crippen molar-refractivity contribution in [3.8, 4) is 0 Å². The number of halogens is 6. The lowest BCUT2D eigenvalue weighted by molar-refractivity contribution is -0.143. The number of hydrogen-bond donors (Lipinski definition) is 2. The van der Waals surface area contributed by atoms with Crippen LogP contribution in [0, 0.1) is 5.92 Å². The Morgan fingerprint density at radius 1 is 0.903 bits per heavy atom. The molecule has 3 rings (SSSR count). The summed E-state index contributed by atoms with van der Waals surface area (Å²) in [6.45, 7) is 1.68. The monoisotopic (exact) mass is 451 g/mol. The van der Waals surface area contributed by atoms with Crippen LogP contribution >= 0.6 is 0 Å².